The smallest absolute Gasteiger partial charge is 0.184 e. The zero-order valence-corrected chi connectivity index (χ0v) is 8.59. The molecule has 0 bridgehead atoms. The first-order chi connectivity index (χ1) is 6.51. The van der Waals surface area contributed by atoms with Crippen LogP contribution < -0.4 is 0 Å². The lowest BCUT2D eigenvalue weighted by molar-refractivity contribution is 0.477. The predicted octanol–water partition coefficient (Wildman–Crippen LogP) is 1.88. The van der Waals surface area contributed by atoms with E-state index in [0.29, 0.717) is 0 Å². The van der Waals surface area contributed by atoms with E-state index < -0.39 is 21.3 Å². The maximum Gasteiger partial charge on any atom is 0.184 e. The molecule has 1 fully saturated rings. The van der Waals surface area contributed by atoms with Gasteiger partial charge in [0.25, 0.3) is 0 Å². The normalized spacial score (nSPS) is 26.1. The Hall–Kier alpha value is -0.900. The molecule has 4 heteroatoms. The van der Waals surface area contributed by atoms with E-state index in [1.807, 2.05) is 6.92 Å². The van der Waals surface area contributed by atoms with Gasteiger partial charge in [0.1, 0.15) is 6.17 Å². The predicted molar refractivity (Wildman–Crippen MR) is 51.7 cm³/mol. The Morgan fingerprint density at radius 2 is 1.79 bits per heavy atom. The molecule has 2 atom stereocenters. The molecule has 1 aliphatic rings. The standard InChI is InChI=1S/C10H11FO2S/c1-7-2-4-8(5-3-7)14(12,13)10-6-9(10)11/h2-5,9-10H,6H2,1H3/t9-,10+/m0/s1. The fourth-order valence-electron chi connectivity index (χ4n) is 1.37. The van der Waals surface area contributed by atoms with Gasteiger partial charge in [0.2, 0.25) is 0 Å². The highest BCUT2D eigenvalue weighted by molar-refractivity contribution is 7.92. The molecule has 0 N–H and O–H groups in total. The third-order valence-corrected chi connectivity index (χ3v) is 4.62. The molecule has 1 saturated carbocycles. The Bertz CT molecular complexity index is 436. The van der Waals surface area contributed by atoms with Crippen molar-refractivity contribution in [3.05, 3.63) is 29.8 Å². The van der Waals surface area contributed by atoms with Crippen molar-refractivity contribution < 1.29 is 12.8 Å². The number of hydrogen-bond acceptors (Lipinski definition) is 2. The van der Waals surface area contributed by atoms with Crippen molar-refractivity contribution in [3.8, 4) is 0 Å². The topological polar surface area (TPSA) is 34.1 Å². The number of aryl methyl sites for hydroxylation is 1. The summed E-state index contributed by atoms with van der Waals surface area (Å²) in [6, 6.07) is 6.52. The molecule has 14 heavy (non-hydrogen) atoms. The number of alkyl halides is 1. The zero-order chi connectivity index (χ0) is 10.3. The van der Waals surface area contributed by atoms with Crippen molar-refractivity contribution in [3.63, 3.8) is 0 Å². The van der Waals surface area contributed by atoms with Crippen molar-refractivity contribution in [1.82, 2.24) is 0 Å². The van der Waals surface area contributed by atoms with E-state index in [0.717, 1.165) is 5.56 Å². The lowest BCUT2D eigenvalue weighted by Gasteiger charge is -2.02. The Labute approximate surface area is 82.7 Å². The molecule has 0 unspecified atom stereocenters. The van der Waals surface area contributed by atoms with E-state index in [4.69, 9.17) is 0 Å². The van der Waals surface area contributed by atoms with E-state index in [9.17, 15) is 12.8 Å². The van der Waals surface area contributed by atoms with Crippen LogP contribution in [0.1, 0.15) is 12.0 Å². The summed E-state index contributed by atoms with van der Waals surface area (Å²) in [6.45, 7) is 1.88. The Morgan fingerprint density at radius 1 is 1.29 bits per heavy atom. The largest absolute Gasteiger partial charge is 0.246 e. The van der Waals surface area contributed by atoms with Gasteiger partial charge in [-0.1, -0.05) is 17.7 Å². The lowest BCUT2D eigenvalue weighted by Crippen LogP contribution is -2.09. The van der Waals surface area contributed by atoms with Crippen molar-refractivity contribution in [2.75, 3.05) is 0 Å². The molecule has 2 rings (SSSR count). The van der Waals surface area contributed by atoms with Gasteiger partial charge in [-0.05, 0) is 25.5 Å². The average Bonchev–Trinajstić information content (AvgIpc) is 2.84. The molecule has 76 valence electrons. The highest BCUT2D eigenvalue weighted by atomic mass is 32.2. The fourth-order valence-corrected chi connectivity index (χ4v) is 3.06. The maximum absolute atomic E-state index is 12.7. The van der Waals surface area contributed by atoms with E-state index in [1.165, 1.54) is 12.1 Å². The summed E-state index contributed by atoms with van der Waals surface area (Å²) in [7, 11) is -3.41. The first kappa shape index (κ1) is 9.65. The van der Waals surface area contributed by atoms with Crippen LogP contribution in [0.4, 0.5) is 4.39 Å². The molecule has 0 aliphatic heterocycles. The van der Waals surface area contributed by atoms with Gasteiger partial charge in [0, 0.05) is 0 Å². The van der Waals surface area contributed by atoms with Crippen LogP contribution in [-0.2, 0) is 9.84 Å². The molecule has 0 spiro atoms. The summed E-state index contributed by atoms with van der Waals surface area (Å²) < 4.78 is 36.0. The van der Waals surface area contributed by atoms with Crippen LogP contribution in [0.3, 0.4) is 0 Å². The van der Waals surface area contributed by atoms with Gasteiger partial charge in [0.05, 0.1) is 10.1 Å². The van der Waals surface area contributed by atoms with Gasteiger partial charge in [-0.15, -0.1) is 0 Å². The second-order valence-electron chi connectivity index (χ2n) is 3.65. The molecule has 1 aliphatic carbocycles. The van der Waals surface area contributed by atoms with E-state index >= 15 is 0 Å². The van der Waals surface area contributed by atoms with Crippen LogP contribution in [-0.4, -0.2) is 19.8 Å². The third kappa shape index (κ3) is 1.54. The molecular formula is C10H11FO2S. The van der Waals surface area contributed by atoms with Gasteiger partial charge in [-0.3, -0.25) is 0 Å². The van der Waals surface area contributed by atoms with E-state index in [-0.39, 0.29) is 11.3 Å². The summed E-state index contributed by atoms with van der Waals surface area (Å²) in [5, 5.41) is -0.801. The van der Waals surface area contributed by atoms with Crippen molar-refractivity contribution in [1.29, 1.82) is 0 Å². The third-order valence-electron chi connectivity index (χ3n) is 2.41. The van der Waals surface area contributed by atoms with Crippen LogP contribution in [0.25, 0.3) is 0 Å². The Kier molecular flexibility index (Phi) is 2.10. The van der Waals surface area contributed by atoms with Crippen LogP contribution in [0, 0.1) is 6.92 Å². The summed E-state index contributed by atoms with van der Waals surface area (Å²) in [5.74, 6) is 0. The summed E-state index contributed by atoms with van der Waals surface area (Å²) in [4.78, 5) is 0.230. The van der Waals surface area contributed by atoms with Gasteiger partial charge in [0.15, 0.2) is 9.84 Å². The number of rotatable bonds is 2. The summed E-state index contributed by atoms with van der Waals surface area (Å²) in [5.41, 5.74) is 0.997. The lowest BCUT2D eigenvalue weighted by atomic mass is 10.2. The highest BCUT2D eigenvalue weighted by Gasteiger charge is 2.48. The molecule has 0 amide bonds. The quantitative estimate of drug-likeness (QED) is 0.753. The highest BCUT2D eigenvalue weighted by Crippen LogP contribution is 2.36. The van der Waals surface area contributed by atoms with E-state index in [1.54, 1.807) is 12.1 Å². The van der Waals surface area contributed by atoms with Crippen LogP contribution >= 0.6 is 0 Å². The second kappa shape index (κ2) is 3.05. The van der Waals surface area contributed by atoms with Gasteiger partial charge >= 0.3 is 0 Å². The molecule has 0 saturated heterocycles. The fraction of sp³-hybridized carbons (Fsp3) is 0.400. The molecule has 0 heterocycles. The molecule has 2 nitrogen and oxygen atoms in total. The number of halogens is 1. The van der Waals surface area contributed by atoms with Crippen molar-refractivity contribution >= 4 is 9.84 Å². The first-order valence-electron chi connectivity index (χ1n) is 4.46. The number of sulfone groups is 1. The van der Waals surface area contributed by atoms with Gasteiger partial charge in [-0.2, -0.15) is 0 Å². The minimum Gasteiger partial charge on any atom is -0.246 e. The molecule has 1 aromatic rings. The molecule has 0 radical (unpaired) electrons. The molecule has 1 aromatic carbocycles. The SMILES string of the molecule is Cc1ccc(S(=O)(=O)[C@@H]2C[C@@H]2F)cc1. The zero-order valence-electron chi connectivity index (χ0n) is 7.77. The van der Waals surface area contributed by atoms with Crippen molar-refractivity contribution in [2.45, 2.75) is 29.7 Å². The minimum absolute atomic E-state index is 0.149. The van der Waals surface area contributed by atoms with Crippen LogP contribution in [0.15, 0.2) is 29.2 Å². The van der Waals surface area contributed by atoms with E-state index in [2.05, 4.69) is 0 Å². The van der Waals surface area contributed by atoms with Crippen molar-refractivity contribution in [2.24, 2.45) is 0 Å². The Morgan fingerprint density at radius 3 is 2.21 bits per heavy atom. The minimum atomic E-state index is -3.41. The van der Waals surface area contributed by atoms with Gasteiger partial charge < -0.3 is 0 Å². The number of hydrogen-bond donors (Lipinski definition) is 0. The van der Waals surface area contributed by atoms with Gasteiger partial charge in [-0.25, -0.2) is 12.8 Å². The summed E-state index contributed by atoms with van der Waals surface area (Å²) in [6.07, 6.45) is -1.02. The van der Waals surface area contributed by atoms with Crippen LogP contribution in [0.2, 0.25) is 0 Å². The Balaban J connectivity index is 2.35. The maximum atomic E-state index is 12.7. The monoisotopic (exact) mass is 214 g/mol. The molecule has 0 aromatic heterocycles. The first-order valence-corrected chi connectivity index (χ1v) is 6.01. The average molecular weight is 214 g/mol. The van der Waals surface area contributed by atoms with Crippen LogP contribution in [0.5, 0.6) is 0 Å². The number of benzene rings is 1. The summed E-state index contributed by atoms with van der Waals surface area (Å²) >= 11 is 0. The second-order valence-corrected chi connectivity index (χ2v) is 5.82. The molecular weight excluding hydrogens is 203 g/mol.